The Balaban J connectivity index is 1.97. The van der Waals surface area contributed by atoms with Gasteiger partial charge in [0.05, 0.1) is 7.11 Å². The molecule has 19 heavy (non-hydrogen) atoms. The van der Waals surface area contributed by atoms with E-state index in [1.54, 1.807) is 7.11 Å². The first-order chi connectivity index (χ1) is 9.22. The average molecular weight is 272 g/mol. The summed E-state index contributed by atoms with van der Waals surface area (Å²) in [6.45, 7) is 2.89. The van der Waals surface area contributed by atoms with Gasteiger partial charge in [0.25, 0.3) is 0 Å². The number of nitriles is 1. The lowest BCUT2D eigenvalue weighted by Crippen LogP contribution is -2.17. The minimum absolute atomic E-state index is 0.239. The van der Waals surface area contributed by atoms with Gasteiger partial charge in [-0.1, -0.05) is 12.1 Å². The molecule has 2 rings (SSSR count). The van der Waals surface area contributed by atoms with Crippen LogP contribution in [-0.2, 0) is 6.54 Å². The van der Waals surface area contributed by atoms with Crippen LogP contribution in [-0.4, -0.2) is 7.11 Å². The molecule has 4 heteroatoms. The highest BCUT2D eigenvalue weighted by Gasteiger charge is 2.07. The number of nitrogens with zero attached hydrogens (tertiary/aromatic N) is 1. The van der Waals surface area contributed by atoms with Gasteiger partial charge in [0.2, 0.25) is 0 Å². The normalized spacial score (nSPS) is 11.8. The van der Waals surface area contributed by atoms with Gasteiger partial charge in [-0.2, -0.15) is 5.26 Å². The number of nitrogens with one attached hydrogen (secondary N) is 1. The number of rotatable bonds is 5. The standard InChI is InChI=1S/C15H16N2OS/c1-11(12-4-3-5-13(8-12)18-2)17-10-15-7-6-14(9-16)19-15/h3-8,11,17H,10H2,1-2H3/t11-/m0/s1. The maximum Gasteiger partial charge on any atom is 0.119 e. The lowest BCUT2D eigenvalue weighted by atomic mass is 10.1. The highest BCUT2D eigenvalue weighted by Crippen LogP contribution is 2.20. The fourth-order valence-corrected chi connectivity index (χ4v) is 2.57. The summed E-state index contributed by atoms with van der Waals surface area (Å²) in [5, 5.41) is 12.2. The Labute approximate surface area is 117 Å². The summed E-state index contributed by atoms with van der Waals surface area (Å²) in [4.78, 5) is 1.93. The van der Waals surface area contributed by atoms with E-state index in [2.05, 4.69) is 24.4 Å². The number of benzene rings is 1. The smallest absolute Gasteiger partial charge is 0.119 e. The molecule has 0 saturated heterocycles. The Morgan fingerprint density at radius 3 is 2.89 bits per heavy atom. The van der Waals surface area contributed by atoms with Crippen LogP contribution in [0.1, 0.15) is 28.3 Å². The van der Waals surface area contributed by atoms with Crippen LogP contribution in [0.4, 0.5) is 0 Å². The zero-order chi connectivity index (χ0) is 13.7. The SMILES string of the molecule is COc1cccc([C@H](C)NCc2ccc(C#N)s2)c1. The lowest BCUT2D eigenvalue weighted by molar-refractivity contribution is 0.413. The van der Waals surface area contributed by atoms with E-state index < -0.39 is 0 Å². The monoisotopic (exact) mass is 272 g/mol. The second-order valence-electron chi connectivity index (χ2n) is 4.26. The Bertz CT molecular complexity index is 586. The highest BCUT2D eigenvalue weighted by atomic mass is 32.1. The maximum atomic E-state index is 8.79. The first-order valence-corrected chi connectivity index (χ1v) is 6.90. The molecular formula is C15H16N2OS. The topological polar surface area (TPSA) is 45.0 Å². The summed E-state index contributed by atoms with van der Waals surface area (Å²) in [5.74, 6) is 0.869. The fourth-order valence-electron chi connectivity index (χ4n) is 1.82. The molecule has 1 N–H and O–H groups in total. The molecule has 0 bridgehead atoms. The Morgan fingerprint density at radius 1 is 1.37 bits per heavy atom. The molecule has 0 aliphatic rings. The van der Waals surface area contributed by atoms with Gasteiger partial charge in [0.15, 0.2) is 0 Å². The molecule has 0 unspecified atom stereocenters. The molecule has 0 fully saturated rings. The van der Waals surface area contributed by atoms with Crippen LogP contribution in [0.3, 0.4) is 0 Å². The summed E-state index contributed by atoms with van der Waals surface area (Å²) in [7, 11) is 1.67. The van der Waals surface area contributed by atoms with E-state index in [1.165, 1.54) is 21.8 Å². The third kappa shape index (κ3) is 3.57. The van der Waals surface area contributed by atoms with Crippen molar-refractivity contribution in [1.82, 2.24) is 5.32 Å². The number of ether oxygens (including phenoxy) is 1. The summed E-state index contributed by atoms with van der Waals surface area (Å²) < 4.78 is 5.22. The van der Waals surface area contributed by atoms with Gasteiger partial charge in [-0.25, -0.2) is 0 Å². The van der Waals surface area contributed by atoms with Gasteiger partial charge in [-0.05, 0) is 36.8 Å². The molecule has 1 aromatic heterocycles. The Morgan fingerprint density at radius 2 is 2.21 bits per heavy atom. The minimum atomic E-state index is 0.239. The average Bonchev–Trinajstić information content (AvgIpc) is 2.93. The first-order valence-electron chi connectivity index (χ1n) is 6.09. The van der Waals surface area contributed by atoms with Gasteiger partial charge in [-0.3, -0.25) is 0 Å². The van der Waals surface area contributed by atoms with E-state index in [0.29, 0.717) is 0 Å². The van der Waals surface area contributed by atoms with Gasteiger partial charge < -0.3 is 10.1 Å². The summed E-state index contributed by atoms with van der Waals surface area (Å²) in [6, 6.07) is 14.3. The number of hydrogen-bond acceptors (Lipinski definition) is 4. The van der Waals surface area contributed by atoms with E-state index >= 15 is 0 Å². The van der Waals surface area contributed by atoms with Crippen molar-refractivity contribution in [2.45, 2.75) is 19.5 Å². The van der Waals surface area contributed by atoms with E-state index in [9.17, 15) is 0 Å². The molecule has 98 valence electrons. The van der Waals surface area contributed by atoms with Crippen LogP contribution in [0.5, 0.6) is 5.75 Å². The maximum absolute atomic E-state index is 8.79. The third-order valence-electron chi connectivity index (χ3n) is 2.95. The van der Waals surface area contributed by atoms with Crippen molar-refractivity contribution in [2.24, 2.45) is 0 Å². The molecule has 1 heterocycles. The van der Waals surface area contributed by atoms with Crippen molar-refractivity contribution in [3.63, 3.8) is 0 Å². The first kappa shape index (κ1) is 13.6. The fraction of sp³-hybridized carbons (Fsp3) is 0.267. The highest BCUT2D eigenvalue weighted by molar-refractivity contribution is 7.12. The van der Waals surface area contributed by atoms with Crippen molar-refractivity contribution in [3.8, 4) is 11.8 Å². The van der Waals surface area contributed by atoms with Crippen LogP contribution in [0.2, 0.25) is 0 Å². The predicted molar refractivity (Wildman–Crippen MR) is 77.3 cm³/mol. The van der Waals surface area contributed by atoms with E-state index in [4.69, 9.17) is 10.00 Å². The number of hydrogen-bond donors (Lipinski definition) is 1. The molecule has 3 nitrogen and oxygen atoms in total. The molecule has 1 atom stereocenters. The minimum Gasteiger partial charge on any atom is -0.497 e. The molecular weight excluding hydrogens is 256 g/mol. The molecule has 0 amide bonds. The molecule has 0 aliphatic heterocycles. The Kier molecular flexibility index (Phi) is 4.56. The zero-order valence-corrected chi connectivity index (χ0v) is 11.8. The van der Waals surface area contributed by atoms with Crippen molar-refractivity contribution >= 4 is 11.3 Å². The second-order valence-corrected chi connectivity index (χ2v) is 5.43. The second kappa shape index (κ2) is 6.37. The van der Waals surface area contributed by atoms with Crippen LogP contribution < -0.4 is 10.1 Å². The van der Waals surface area contributed by atoms with Gasteiger partial charge in [-0.15, -0.1) is 11.3 Å². The number of methoxy groups -OCH3 is 1. The zero-order valence-electron chi connectivity index (χ0n) is 11.0. The molecule has 2 aromatic rings. The lowest BCUT2D eigenvalue weighted by Gasteiger charge is -2.14. The van der Waals surface area contributed by atoms with Crippen molar-refractivity contribution in [3.05, 3.63) is 51.7 Å². The van der Waals surface area contributed by atoms with Crippen LogP contribution in [0, 0.1) is 11.3 Å². The summed E-state index contributed by atoms with van der Waals surface area (Å²) in [5.41, 5.74) is 1.19. The van der Waals surface area contributed by atoms with Crippen molar-refractivity contribution in [2.75, 3.05) is 7.11 Å². The predicted octanol–water partition coefficient (Wildman–Crippen LogP) is 3.48. The van der Waals surface area contributed by atoms with Crippen molar-refractivity contribution in [1.29, 1.82) is 5.26 Å². The molecule has 0 radical (unpaired) electrons. The largest absolute Gasteiger partial charge is 0.497 e. The molecule has 0 aliphatic carbocycles. The Hall–Kier alpha value is -1.83. The quantitative estimate of drug-likeness (QED) is 0.906. The van der Waals surface area contributed by atoms with Crippen molar-refractivity contribution < 1.29 is 4.74 Å². The van der Waals surface area contributed by atoms with Crippen LogP contribution >= 0.6 is 11.3 Å². The van der Waals surface area contributed by atoms with E-state index in [0.717, 1.165) is 17.2 Å². The molecule has 0 saturated carbocycles. The third-order valence-corrected chi connectivity index (χ3v) is 3.94. The number of thiophene rings is 1. The molecule has 1 aromatic carbocycles. The summed E-state index contributed by atoms with van der Waals surface area (Å²) >= 11 is 1.53. The van der Waals surface area contributed by atoms with Crippen LogP contribution in [0.25, 0.3) is 0 Å². The van der Waals surface area contributed by atoms with E-state index in [-0.39, 0.29) is 6.04 Å². The van der Waals surface area contributed by atoms with Gasteiger partial charge >= 0.3 is 0 Å². The summed E-state index contributed by atoms with van der Waals surface area (Å²) in [6.07, 6.45) is 0. The van der Waals surface area contributed by atoms with Crippen LogP contribution in [0.15, 0.2) is 36.4 Å². The van der Waals surface area contributed by atoms with E-state index in [1.807, 2.05) is 30.3 Å². The molecule has 0 spiro atoms. The van der Waals surface area contributed by atoms with Gasteiger partial charge in [0.1, 0.15) is 16.7 Å². The van der Waals surface area contributed by atoms with Gasteiger partial charge in [0, 0.05) is 17.5 Å².